The highest BCUT2D eigenvalue weighted by Crippen LogP contribution is 2.23. The van der Waals surface area contributed by atoms with Crippen molar-refractivity contribution in [3.8, 4) is 0 Å². The average molecular weight is 314 g/mol. The molecule has 0 bridgehead atoms. The summed E-state index contributed by atoms with van der Waals surface area (Å²) in [6.45, 7) is 5.19. The molecule has 108 valence electrons. The number of hydrogen-bond donors (Lipinski definition) is 2. The number of aromatic nitrogens is 2. The van der Waals surface area contributed by atoms with Crippen LogP contribution in [0.4, 0.5) is 5.69 Å². The number of anilines is 1. The number of hydrogen-bond acceptors (Lipinski definition) is 3. The van der Waals surface area contributed by atoms with Crippen LogP contribution in [0.25, 0.3) is 0 Å². The van der Waals surface area contributed by atoms with Crippen LogP contribution in [0.5, 0.6) is 0 Å². The molecule has 0 atom stereocenters. The van der Waals surface area contributed by atoms with Gasteiger partial charge in [0.1, 0.15) is 0 Å². The van der Waals surface area contributed by atoms with Gasteiger partial charge >= 0.3 is 0 Å². The number of aliphatic hydroxyl groups is 1. The van der Waals surface area contributed by atoms with Gasteiger partial charge in [0.25, 0.3) is 0 Å². The van der Waals surface area contributed by atoms with E-state index in [1.165, 1.54) is 0 Å². The molecule has 2 rings (SSSR count). The maximum absolute atomic E-state index is 9.01. The predicted octanol–water partition coefficient (Wildman–Crippen LogP) is 3.41. The molecule has 20 heavy (non-hydrogen) atoms. The average Bonchev–Trinajstić information content (AvgIpc) is 2.62. The largest absolute Gasteiger partial charge is 0.394 e. The lowest BCUT2D eigenvalue weighted by atomic mass is 10.2. The number of nitrogens with one attached hydrogen (secondary N) is 1. The van der Waals surface area contributed by atoms with Gasteiger partial charge in [-0.25, -0.2) is 0 Å². The summed E-state index contributed by atoms with van der Waals surface area (Å²) in [4.78, 5) is 0. The Balaban J connectivity index is 2.14. The van der Waals surface area contributed by atoms with Crippen LogP contribution in [0.1, 0.15) is 17.0 Å². The quantitative estimate of drug-likeness (QED) is 0.889. The Labute approximate surface area is 128 Å². The van der Waals surface area contributed by atoms with Crippen molar-refractivity contribution < 1.29 is 5.11 Å². The summed E-state index contributed by atoms with van der Waals surface area (Å²) in [6.07, 6.45) is 0. The number of aliphatic hydroxyl groups excluding tert-OH is 1. The number of halogens is 2. The molecule has 1 heterocycles. The minimum absolute atomic E-state index is 0.0821. The molecule has 2 N–H and O–H groups in total. The summed E-state index contributed by atoms with van der Waals surface area (Å²) < 4.78 is 1.82. The highest BCUT2D eigenvalue weighted by Gasteiger charge is 2.11. The van der Waals surface area contributed by atoms with Gasteiger partial charge in [-0.2, -0.15) is 5.10 Å². The first-order valence-electron chi connectivity index (χ1n) is 6.35. The summed E-state index contributed by atoms with van der Waals surface area (Å²) in [5.41, 5.74) is 4.00. The second kappa shape index (κ2) is 6.48. The van der Waals surface area contributed by atoms with Crippen molar-refractivity contribution in [2.75, 3.05) is 11.9 Å². The molecule has 6 heteroatoms. The standard InChI is InChI=1S/C14H17Cl2N3O/c1-9-14(10(2)19(18-9)3-4-20)8-17-13-6-11(15)5-12(16)7-13/h5-7,17,20H,3-4,8H2,1-2H3. The van der Waals surface area contributed by atoms with Gasteiger partial charge in [-0.3, -0.25) is 4.68 Å². The van der Waals surface area contributed by atoms with Crippen molar-refractivity contribution in [3.05, 3.63) is 45.2 Å². The summed E-state index contributed by atoms with van der Waals surface area (Å²) >= 11 is 11.9. The third kappa shape index (κ3) is 3.45. The summed E-state index contributed by atoms with van der Waals surface area (Å²) in [7, 11) is 0. The van der Waals surface area contributed by atoms with Crippen LogP contribution in [0.3, 0.4) is 0 Å². The van der Waals surface area contributed by atoms with E-state index in [4.69, 9.17) is 28.3 Å². The van der Waals surface area contributed by atoms with Crippen molar-refractivity contribution in [2.45, 2.75) is 26.9 Å². The van der Waals surface area contributed by atoms with Crippen LogP contribution in [0.15, 0.2) is 18.2 Å². The van der Waals surface area contributed by atoms with Crippen molar-refractivity contribution in [2.24, 2.45) is 0 Å². The molecular formula is C14H17Cl2N3O. The minimum atomic E-state index is 0.0821. The van der Waals surface area contributed by atoms with E-state index in [0.717, 1.165) is 22.6 Å². The maximum atomic E-state index is 9.01. The first-order chi connectivity index (χ1) is 9.51. The molecule has 0 aliphatic heterocycles. The lowest BCUT2D eigenvalue weighted by molar-refractivity contribution is 0.268. The zero-order valence-electron chi connectivity index (χ0n) is 11.5. The first kappa shape index (κ1) is 15.2. The van der Waals surface area contributed by atoms with E-state index in [9.17, 15) is 0 Å². The maximum Gasteiger partial charge on any atom is 0.0646 e. The monoisotopic (exact) mass is 313 g/mol. The summed E-state index contributed by atoms with van der Waals surface area (Å²) in [6, 6.07) is 5.36. The molecule has 0 saturated carbocycles. The Bertz CT molecular complexity index is 590. The zero-order valence-corrected chi connectivity index (χ0v) is 13.0. The van der Waals surface area contributed by atoms with Crippen molar-refractivity contribution in [3.63, 3.8) is 0 Å². The molecule has 2 aromatic rings. The van der Waals surface area contributed by atoms with Gasteiger partial charge in [-0.05, 0) is 32.0 Å². The van der Waals surface area contributed by atoms with Crippen molar-refractivity contribution in [1.29, 1.82) is 0 Å². The molecule has 0 amide bonds. The van der Waals surface area contributed by atoms with E-state index in [1.54, 1.807) is 6.07 Å². The van der Waals surface area contributed by atoms with Gasteiger partial charge in [0.2, 0.25) is 0 Å². The molecule has 0 fully saturated rings. The van der Waals surface area contributed by atoms with Crippen LogP contribution in [0, 0.1) is 13.8 Å². The van der Waals surface area contributed by atoms with Gasteiger partial charge in [0, 0.05) is 33.5 Å². The van der Waals surface area contributed by atoms with E-state index in [0.29, 0.717) is 23.1 Å². The zero-order chi connectivity index (χ0) is 14.7. The number of nitrogens with zero attached hydrogens (tertiary/aromatic N) is 2. The molecule has 0 radical (unpaired) electrons. The fourth-order valence-corrected chi connectivity index (χ4v) is 2.67. The van der Waals surface area contributed by atoms with E-state index in [2.05, 4.69) is 10.4 Å². The van der Waals surface area contributed by atoms with E-state index in [-0.39, 0.29) is 6.61 Å². The summed E-state index contributed by atoms with van der Waals surface area (Å²) in [5.74, 6) is 0. The van der Waals surface area contributed by atoms with Gasteiger partial charge in [0.05, 0.1) is 18.8 Å². The molecule has 0 aliphatic carbocycles. The van der Waals surface area contributed by atoms with Gasteiger partial charge in [-0.1, -0.05) is 23.2 Å². The van der Waals surface area contributed by atoms with Crippen LogP contribution in [-0.4, -0.2) is 21.5 Å². The van der Waals surface area contributed by atoms with E-state index in [1.807, 2.05) is 30.7 Å². The Morgan fingerprint density at radius 2 is 1.85 bits per heavy atom. The Hall–Kier alpha value is -1.23. The topological polar surface area (TPSA) is 50.1 Å². The van der Waals surface area contributed by atoms with Crippen LogP contribution < -0.4 is 5.32 Å². The molecule has 4 nitrogen and oxygen atoms in total. The fraction of sp³-hybridized carbons (Fsp3) is 0.357. The first-order valence-corrected chi connectivity index (χ1v) is 7.10. The molecule has 0 spiro atoms. The highest BCUT2D eigenvalue weighted by molar-refractivity contribution is 6.35. The third-order valence-electron chi connectivity index (χ3n) is 3.18. The SMILES string of the molecule is Cc1nn(CCO)c(C)c1CNc1cc(Cl)cc(Cl)c1. The van der Waals surface area contributed by atoms with Crippen molar-refractivity contribution >= 4 is 28.9 Å². The smallest absolute Gasteiger partial charge is 0.0646 e. The molecule has 0 aliphatic rings. The number of benzene rings is 1. The normalized spacial score (nSPS) is 10.8. The van der Waals surface area contributed by atoms with E-state index < -0.39 is 0 Å². The van der Waals surface area contributed by atoms with E-state index >= 15 is 0 Å². The lowest BCUT2D eigenvalue weighted by Crippen LogP contribution is -2.07. The Morgan fingerprint density at radius 3 is 2.45 bits per heavy atom. The second-order valence-corrected chi connectivity index (χ2v) is 5.48. The minimum Gasteiger partial charge on any atom is -0.394 e. The fourth-order valence-electron chi connectivity index (χ4n) is 2.15. The van der Waals surface area contributed by atoms with Gasteiger partial charge in [0.15, 0.2) is 0 Å². The third-order valence-corrected chi connectivity index (χ3v) is 3.61. The second-order valence-electron chi connectivity index (χ2n) is 4.61. The number of rotatable bonds is 5. The molecule has 0 unspecified atom stereocenters. The van der Waals surface area contributed by atoms with Crippen LogP contribution in [0.2, 0.25) is 10.0 Å². The Morgan fingerprint density at radius 1 is 1.20 bits per heavy atom. The molecular weight excluding hydrogens is 297 g/mol. The number of aryl methyl sites for hydroxylation is 1. The predicted molar refractivity (Wildman–Crippen MR) is 82.6 cm³/mol. The Kier molecular flexibility index (Phi) is 4.91. The highest BCUT2D eigenvalue weighted by atomic mass is 35.5. The van der Waals surface area contributed by atoms with Crippen molar-refractivity contribution in [1.82, 2.24) is 9.78 Å². The molecule has 1 aromatic heterocycles. The summed E-state index contributed by atoms with van der Waals surface area (Å²) in [5, 5.41) is 17.9. The van der Waals surface area contributed by atoms with Gasteiger partial charge < -0.3 is 10.4 Å². The van der Waals surface area contributed by atoms with Crippen LogP contribution >= 0.6 is 23.2 Å². The van der Waals surface area contributed by atoms with Crippen LogP contribution in [-0.2, 0) is 13.1 Å². The lowest BCUT2D eigenvalue weighted by Gasteiger charge is -2.08. The van der Waals surface area contributed by atoms with Gasteiger partial charge in [-0.15, -0.1) is 0 Å². The molecule has 0 saturated heterocycles. The molecule has 1 aromatic carbocycles.